The Bertz CT molecular complexity index is 263. The minimum atomic E-state index is -0.911. The van der Waals surface area contributed by atoms with Crippen molar-refractivity contribution in [2.75, 3.05) is 6.54 Å². The summed E-state index contributed by atoms with van der Waals surface area (Å²) in [6.07, 6.45) is 0.0813. The molecule has 66 valence electrons. The summed E-state index contributed by atoms with van der Waals surface area (Å²) in [7, 11) is 0. The lowest BCUT2D eigenvalue weighted by atomic mass is 10.1. The third-order valence-corrected chi connectivity index (χ3v) is 1.50. The normalized spacial score (nSPS) is 10.3. The van der Waals surface area contributed by atoms with Gasteiger partial charge < -0.3 is 5.73 Å². The van der Waals surface area contributed by atoms with Gasteiger partial charge in [0.15, 0.2) is 0 Å². The summed E-state index contributed by atoms with van der Waals surface area (Å²) < 4.78 is 37.9. The molecule has 0 aliphatic carbocycles. The smallest absolute Gasteiger partial charge is 0.132 e. The molecule has 0 amide bonds. The zero-order chi connectivity index (χ0) is 9.14. The van der Waals surface area contributed by atoms with E-state index >= 15 is 0 Å². The molecule has 1 rings (SSSR count). The van der Waals surface area contributed by atoms with E-state index in [-0.39, 0.29) is 18.5 Å². The molecule has 1 aromatic carbocycles. The van der Waals surface area contributed by atoms with Crippen molar-refractivity contribution < 1.29 is 13.2 Å². The van der Waals surface area contributed by atoms with Gasteiger partial charge in [-0.05, 0) is 13.0 Å². The fourth-order valence-electron chi connectivity index (χ4n) is 0.955. The molecule has 0 fully saturated rings. The lowest BCUT2D eigenvalue weighted by Crippen LogP contribution is -2.07. The average Bonchev–Trinajstić information content (AvgIpc) is 1.96. The highest BCUT2D eigenvalue weighted by atomic mass is 19.1. The van der Waals surface area contributed by atoms with Gasteiger partial charge in [0.05, 0.1) is 0 Å². The van der Waals surface area contributed by atoms with Gasteiger partial charge in [0.2, 0.25) is 0 Å². The number of benzene rings is 1. The van der Waals surface area contributed by atoms with Gasteiger partial charge in [0, 0.05) is 17.7 Å². The molecule has 0 bridgehead atoms. The molecule has 0 atom stereocenters. The van der Waals surface area contributed by atoms with Crippen LogP contribution in [0.2, 0.25) is 0 Å². The number of hydrogen-bond donors (Lipinski definition) is 1. The number of hydrogen-bond acceptors (Lipinski definition) is 1. The standard InChI is InChI=1S/C8H8F3N/c9-5-3-7(10)6(1-2-12)8(11)4-5/h3-4H,1-2,12H2. The lowest BCUT2D eigenvalue weighted by Gasteiger charge is -2.02. The van der Waals surface area contributed by atoms with E-state index in [0.29, 0.717) is 12.1 Å². The molecule has 1 aromatic rings. The topological polar surface area (TPSA) is 26.0 Å². The van der Waals surface area contributed by atoms with E-state index in [2.05, 4.69) is 0 Å². The van der Waals surface area contributed by atoms with Crippen LogP contribution in [0, 0.1) is 17.5 Å². The van der Waals surface area contributed by atoms with E-state index in [0.717, 1.165) is 0 Å². The summed E-state index contributed by atoms with van der Waals surface area (Å²) in [5, 5.41) is 0. The van der Waals surface area contributed by atoms with Crippen molar-refractivity contribution in [1.82, 2.24) is 0 Å². The molecule has 0 aliphatic heterocycles. The van der Waals surface area contributed by atoms with Crippen LogP contribution >= 0.6 is 0 Å². The maximum Gasteiger partial charge on any atom is 0.132 e. The van der Waals surface area contributed by atoms with Crippen molar-refractivity contribution in [3.63, 3.8) is 0 Å². The second kappa shape index (κ2) is 3.58. The molecule has 4 heteroatoms. The van der Waals surface area contributed by atoms with Crippen LogP contribution in [0.1, 0.15) is 5.56 Å². The Hall–Kier alpha value is -1.03. The van der Waals surface area contributed by atoms with Crippen LogP contribution in [0.25, 0.3) is 0 Å². The average molecular weight is 175 g/mol. The SMILES string of the molecule is NCCc1c(F)cc(F)cc1F. The second-order valence-corrected chi connectivity index (χ2v) is 2.39. The van der Waals surface area contributed by atoms with Crippen LogP contribution in [0.3, 0.4) is 0 Å². The monoisotopic (exact) mass is 175 g/mol. The highest BCUT2D eigenvalue weighted by Gasteiger charge is 2.09. The highest BCUT2D eigenvalue weighted by molar-refractivity contribution is 5.21. The van der Waals surface area contributed by atoms with E-state index in [9.17, 15) is 13.2 Å². The van der Waals surface area contributed by atoms with Crippen molar-refractivity contribution in [2.45, 2.75) is 6.42 Å². The maximum absolute atomic E-state index is 12.8. The van der Waals surface area contributed by atoms with Crippen LogP contribution in [0.15, 0.2) is 12.1 Å². The summed E-state index contributed by atoms with van der Waals surface area (Å²) in [6.45, 7) is 0.138. The Morgan fingerprint density at radius 3 is 2.00 bits per heavy atom. The van der Waals surface area contributed by atoms with Gasteiger partial charge in [-0.3, -0.25) is 0 Å². The first-order chi connectivity index (χ1) is 5.65. The summed E-state index contributed by atoms with van der Waals surface area (Å²) in [6, 6.07) is 1.29. The zero-order valence-electron chi connectivity index (χ0n) is 6.28. The number of nitrogens with two attached hydrogens (primary N) is 1. The predicted molar refractivity (Wildman–Crippen MR) is 39.1 cm³/mol. The second-order valence-electron chi connectivity index (χ2n) is 2.39. The molecule has 1 nitrogen and oxygen atoms in total. The molecule has 0 spiro atoms. The first-order valence-corrected chi connectivity index (χ1v) is 3.48. The quantitative estimate of drug-likeness (QED) is 0.725. The molecule has 0 unspecified atom stereocenters. The first-order valence-electron chi connectivity index (χ1n) is 3.48. The fraction of sp³-hybridized carbons (Fsp3) is 0.250. The van der Waals surface area contributed by atoms with Crippen LogP contribution < -0.4 is 5.73 Å². The van der Waals surface area contributed by atoms with Crippen molar-refractivity contribution in [3.8, 4) is 0 Å². The van der Waals surface area contributed by atoms with E-state index in [1.807, 2.05) is 0 Å². The molecule has 0 aliphatic rings. The molecule has 0 saturated heterocycles. The van der Waals surface area contributed by atoms with Gasteiger partial charge in [-0.1, -0.05) is 0 Å². The van der Waals surface area contributed by atoms with Crippen molar-refractivity contribution in [2.24, 2.45) is 5.73 Å². The van der Waals surface area contributed by atoms with Gasteiger partial charge in [0.1, 0.15) is 17.5 Å². The molecule has 0 saturated carbocycles. The lowest BCUT2D eigenvalue weighted by molar-refractivity contribution is 0.524. The Morgan fingerprint density at radius 1 is 1.08 bits per heavy atom. The van der Waals surface area contributed by atoms with Crippen molar-refractivity contribution in [1.29, 1.82) is 0 Å². The van der Waals surface area contributed by atoms with E-state index in [1.165, 1.54) is 0 Å². The molecule has 2 N–H and O–H groups in total. The van der Waals surface area contributed by atoms with Gasteiger partial charge in [0.25, 0.3) is 0 Å². The summed E-state index contributed by atoms with van der Waals surface area (Å²) in [5.74, 6) is -2.67. The largest absolute Gasteiger partial charge is 0.330 e. The van der Waals surface area contributed by atoms with Crippen molar-refractivity contribution in [3.05, 3.63) is 35.1 Å². The third-order valence-electron chi connectivity index (χ3n) is 1.50. The molecule has 0 aromatic heterocycles. The van der Waals surface area contributed by atoms with Gasteiger partial charge in [-0.25, -0.2) is 13.2 Å². The maximum atomic E-state index is 12.8. The van der Waals surface area contributed by atoms with Crippen LogP contribution in [-0.2, 0) is 6.42 Å². The minimum absolute atomic E-state index is 0.0813. The van der Waals surface area contributed by atoms with Crippen LogP contribution in [0.4, 0.5) is 13.2 Å². The first kappa shape index (κ1) is 9.06. The van der Waals surface area contributed by atoms with E-state index in [4.69, 9.17) is 5.73 Å². The minimum Gasteiger partial charge on any atom is -0.330 e. The van der Waals surface area contributed by atoms with Crippen LogP contribution in [-0.4, -0.2) is 6.54 Å². The molecular formula is C8H8F3N. The highest BCUT2D eigenvalue weighted by Crippen LogP contribution is 2.14. The van der Waals surface area contributed by atoms with Gasteiger partial charge >= 0.3 is 0 Å². The predicted octanol–water partition coefficient (Wildman–Crippen LogP) is 1.61. The third kappa shape index (κ3) is 1.76. The van der Waals surface area contributed by atoms with Crippen molar-refractivity contribution >= 4 is 0 Å². The zero-order valence-corrected chi connectivity index (χ0v) is 6.28. The van der Waals surface area contributed by atoms with Gasteiger partial charge in [-0.15, -0.1) is 0 Å². The summed E-state index contributed by atoms with van der Waals surface area (Å²) in [5.41, 5.74) is 4.96. The van der Waals surface area contributed by atoms with Gasteiger partial charge in [-0.2, -0.15) is 0 Å². The molecule has 12 heavy (non-hydrogen) atoms. The fourth-order valence-corrected chi connectivity index (χ4v) is 0.955. The molecule has 0 radical (unpaired) electrons. The Kier molecular flexibility index (Phi) is 2.70. The molecule has 0 heterocycles. The Morgan fingerprint density at radius 2 is 1.58 bits per heavy atom. The summed E-state index contributed by atoms with van der Waals surface area (Å²) in [4.78, 5) is 0. The van der Waals surface area contributed by atoms with Crippen LogP contribution in [0.5, 0.6) is 0 Å². The Labute approximate surface area is 68.0 Å². The van der Waals surface area contributed by atoms with E-state index < -0.39 is 17.5 Å². The number of halogens is 3. The summed E-state index contributed by atoms with van der Waals surface area (Å²) >= 11 is 0. The Balaban J connectivity index is 3.10. The number of rotatable bonds is 2. The van der Waals surface area contributed by atoms with E-state index in [1.54, 1.807) is 0 Å². The molecular weight excluding hydrogens is 167 g/mol.